The highest BCUT2D eigenvalue weighted by Crippen LogP contribution is 2.26. The van der Waals surface area contributed by atoms with Crippen LogP contribution < -0.4 is 16.8 Å². The standard InChI is InChI=1S/C12H18N4O2/c1-12(5-2-6-18-12)7-15-11-8(13)3-4-9(16-11)10(14)17/h3-4H,2,5-7,13H2,1H3,(H2,14,17)(H,15,16). The van der Waals surface area contributed by atoms with Gasteiger partial charge in [0.2, 0.25) is 0 Å². The number of carbonyl (C=O) groups is 1. The van der Waals surface area contributed by atoms with Crippen molar-refractivity contribution in [3.05, 3.63) is 17.8 Å². The van der Waals surface area contributed by atoms with Crippen LogP contribution in [-0.2, 0) is 4.74 Å². The minimum atomic E-state index is -0.568. The molecule has 1 aromatic heterocycles. The molecule has 98 valence electrons. The Hall–Kier alpha value is -1.82. The summed E-state index contributed by atoms with van der Waals surface area (Å²) in [6.07, 6.45) is 2.05. The number of rotatable bonds is 4. The maximum atomic E-state index is 11.1. The van der Waals surface area contributed by atoms with Gasteiger partial charge >= 0.3 is 0 Å². The van der Waals surface area contributed by atoms with Gasteiger partial charge in [0.25, 0.3) is 5.91 Å². The average molecular weight is 250 g/mol. The third-order valence-electron chi connectivity index (χ3n) is 3.11. The van der Waals surface area contributed by atoms with Crippen LogP contribution in [0.25, 0.3) is 0 Å². The fraction of sp³-hybridized carbons (Fsp3) is 0.500. The molecule has 0 radical (unpaired) electrons. The van der Waals surface area contributed by atoms with E-state index in [4.69, 9.17) is 16.2 Å². The molecule has 0 aliphatic carbocycles. The summed E-state index contributed by atoms with van der Waals surface area (Å²) >= 11 is 0. The SMILES string of the molecule is CC1(CNc2nc(C(N)=O)ccc2N)CCCO1. The summed E-state index contributed by atoms with van der Waals surface area (Å²) < 4.78 is 5.66. The van der Waals surface area contributed by atoms with Crippen molar-refractivity contribution >= 4 is 17.4 Å². The van der Waals surface area contributed by atoms with Gasteiger partial charge in [-0.25, -0.2) is 4.98 Å². The van der Waals surface area contributed by atoms with E-state index in [-0.39, 0.29) is 11.3 Å². The second-order valence-corrected chi connectivity index (χ2v) is 4.75. The van der Waals surface area contributed by atoms with Crippen LogP contribution in [0.15, 0.2) is 12.1 Å². The van der Waals surface area contributed by atoms with Crippen molar-refractivity contribution < 1.29 is 9.53 Å². The molecule has 2 heterocycles. The summed E-state index contributed by atoms with van der Waals surface area (Å²) in [6, 6.07) is 3.13. The Bertz CT molecular complexity index is 455. The number of nitrogens with one attached hydrogen (secondary N) is 1. The Morgan fingerprint density at radius 3 is 3.00 bits per heavy atom. The van der Waals surface area contributed by atoms with E-state index < -0.39 is 5.91 Å². The van der Waals surface area contributed by atoms with E-state index >= 15 is 0 Å². The molecule has 1 fully saturated rings. The fourth-order valence-corrected chi connectivity index (χ4v) is 2.00. The first kappa shape index (κ1) is 12.6. The van der Waals surface area contributed by atoms with Crippen LogP contribution in [0.1, 0.15) is 30.3 Å². The smallest absolute Gasteiger partial charge is 0.267 e. The van der Waals surface area contributed by atoms with E-state index in [0.717, 1.165) is 19.4 Å². The van der Waals surface area contributed by atoms with Gasteiger partial charge in [-0.1, -0.05) is 0 Å². The number of anilines is 2. The summed E-state index contributed by atoms with van der Waals surface area (Å²) in [7, 11) is 0. The number of amides is 1. The molecule has 0 spiro atoms. The molecule has 0 bridgehead atoms. The molecule has 1 aromatic rings. The highest BCUT2D eigenvalue weighted by atomic mass is 16.5. The Kier molecular flexibility index (Phi) is 3.38. The summed E-state index contributed by atoms with van der Waals surface area (Å²) in [4.78, 5) is 15.2. The third kappa shape index (κ3) is 2.70. The normalized spacial score (nSPS) is 22.9. The number of primary amides is 1. The van der Waals surface area contributed by atoms with E-state index in [2.05, 4.69) is 10.3 Å². The van der Waals surface area contributed by atoms with Crippen molar-refractivity contribution in [2.24, 2.45) is 5.73 Å². The predicted molar refractivity (Wildman–Crippen MR) is 69.2 cm³/mol. The molecule has 6 heteroatoms. The van der Waals surface area contributed by atoms with Crippen LogP contribution >= 0.6 is 0 Å². The predicted octanol–water partition coefficient (Wildman–Crippen LogP) is 0.744. The Morgan fingerprint density at radius 1 is 1.61 bits per heavy atom. The van der Waals surface area contributed by atoms with Gasteiger partial charge in [-0.05, 0) is 31.9 Å². The fourth-order valence-electron chi connectivity index (χ4n) is 2.00. The van der Waals surface area contributed by atoms with Crippen molar-refractivity contribution in [3.8, 4) is 0 Å². The van der Waals surface area contributed by atoms with E-state index in [0.29, 0.717) is 18.1 Å². The minimum absolute atomic E-state index is 0.198. The Labute approximate surface area is 106 Å². The van der Waals surface area contributed by atoms with E-state index in [1.807, 2.05) is 6.92 Å². The third-order valence-corrected chi connectivity index (χ3v) is 3.11. The summed E-state index contributed by atoms with van der Waals surface area (Å²) in [5.74, 6) is -0.0931. The van der Waals surface area contributed by atoms with Crippen LogP contribution in [0.4, 0.5) is 11.5 Å². The number of carbonyl (C=O) groups excluding carboxylic acids is 1. The lowest BCUT2D eigenvalue weighted by atomic mass is 10.0. The lowest BCUT2D eigenvalue weighted by molar-refractivity contribution is 0.0315. The number of hydrogen-bond acceptors (Lipinski definition) is 5. The van der Waals surface area contributed by atoms with Gasteiger partial charge in [-0.15, -0.1) is 0 Å². The maximum absolute atomic E-state index is 11.1. The second-order valence-electron chi connectivity index (χ2n) is 4.75. The van der Waals surface area contributed by atoms with E-state index in [1.165, 1.54) is 6.07 Å². The van der Waals surface area contributed by atoms with Gasteiger partial charge in [0.05, 0.1) is 11.3 Å². The van der Waals surface area contributed by atoms with Crippen molar-refractivity contribution in [3.63, 3.8) is 0 Å². The van der Waals surface area contributed by atoms with E-state index in [1.54, 1.807) is 6.07 Å². The minimum Gasteiger partial charge on any atom is -0.396 e. The molecule has 6 nitrogen and oxygen atoms in total. The number of nitrogens with two attached hydrogens (primary N) is 2. The zero-order chi connectivity index (χ0) is 13.2. The monoisotopic (exact) mass is 250 g/mol. The van der Waals surface area contributed by atoms with Crippen molar-refractivity contribution in [2.45, 2.75) is 25.4 Å². The number of aromatic nitrogens is 1. The van der Waals surface area contributed by atoms with Crippen molar-refractivity contribution in [2.75, 3.05) is 24.2 Å². The van der Waals surface area contributed by atoms with Crippen LogP contribution in [0.2, 0.25) is 0 Å². The summed E-state index contributed by atoms with van der Waals surface area (Å²) in [5, 5.41) is 3.12. The molecule has 5 N–H and O–H groups in total. The molecule has 1 unspecified atom stereocenters. The molecule has 1 saturated heterocycles. The molecule has 1 atom stereocenters. The van der Waals surface area contributed by atoms with Gasteiger partial charge in [-0.3, -0.25) is 4.79 Å². The van der Waals surface area contributed by atoms with Crippen LogP contribution in [0.5, 0.6) is 0 Å². The lowest BCUT2D eigenvalue weighted by Crippen LogP contribution is -2.33. The molecule has 0 aromatic carbocycles. The molecular weight excluding hydrogens is 232 g/mol. The van der Waals surface area contributed by atoms with Crippen molar-refractivity contribution in [1.29, 1.82) is 0 Å². The number of pyridine rings is 1. The van der Waals surface area contributed by atoms with Crippen LogP contribution in [0.3, 0.4) is 0 Å². The molecular formula is C12H18N4O2. The molecule has 2 rings (SSSR count). The number of ether oxygens (including phenoxy) is 1. The molecule has 1 aliphatic rings. The number of nitrogen functional groups attached to an aromatic ring is 1. The average Bonchev–Trinajstić information content (AvgIpc) is 2.75. The van der Waals surface area contributed by atoms with Crippen LogP contribution in [-0.4, -0.2) is 29.6 Å². The van der Waals surface area contributed by atoms with Crippen LogP contribution in [0, 0.1) is 0 Å². The van der Waals surface area contributed by atoms with Gasteiger partial charge in [0.15, 0.2) is 0 Å². The highest BCUT2D eigenvalue weighted by Gasteiger charge is 2.29. The molecule has 1 amide bonds. The topological polar surface area (TPSA) is 103 Å². The first-order valence-corrected chi connectivity index (χ1v) is 5.94. The number of hydrogen-bond donors (Lipinski definition) is 3. The largest absolute Gasteiger partial charge is 0.396 e. The summed E-state index contributed by atoms with van der Waals surface area (Å²) in [5.41, 5.74) is 11.5. The number of nitrogens with zero attached hydrogens (tertiary/aromatic N) is 1. The zero-order valence-electron chi connectivity index (χ0n) is 10.4. The van der Waals surface area contributed by atoms with Gasteiger partial charge < -0.3 is 21.5 Å². The first-order valence-electron chi connectivity index (χ1n) is 5.94. The zero-order valence-corrected chi connectivity index (χ0v) is 10.4. The van der Waals surface area contributed by atoms with Gasteiger partial charge in [0.1, 0.15) is 11.5 Å². The lowest BCUT2D eigenvalue weighted by Gasteiger charge is -2.24. The second kappa shape index (κ2) is 4.81. The van der Waals surface area contributed by atoms with Gasteiger partial charge in [-0.2, -0.15) is 0 Å². The quantitative estimate of drug-likeness (QED) is 0.731. The maximum Gasteiger partial charge on any atom is 0.267 e. The molecule has 18 heavy (non-hydrogen) atoms. The Morgan fingerprint density at radius 2 is 2.39 bits per heavy atom. The van der Waals surface area contributed by atoms with Gasteiger partial charge in [0, 0.05) is 13.2 Å². The molecule has 0 saturated carbocycles. The molecule has 1 aliphatic heterocycles. The van der Waals surface area contributed by atoms with Crippen molar-refractivity contribution in [1.82, 2.24) is 4.98 Å². The Balaban J connectivity index is 2.08. The highest BCUT2D eigenvalue weighted by molar-refractivity contribution is 5.91. The van der Waals surface area contributed by atoms with E-state index in [9.17, 15) is 4.79 Å². The first-order chi connectivity index (χ1) is 8.50. The summed E-state index contributed by atoms with van der Waals surface area (Å²) in [6.45, 7) is 3.43.